The molecule has 2 aromatic rings. The van der Waals surface area contributed by atoms with Crippen molar-refractivity contribution in [3.05, 3.63) is 46.2 Å². The fourth-order valence-electron chi connectivity index (χ4n) is 2.10. The van der Waals surface area contributed by atoms with Crippen LogP contribution in [0.1, 0.15) is 29.1 Å². The average molecular weight is 304 g/mol. The normalized spacial score (nSPS) is 11.2. The highest BCUT2D eigenvalue weighted by Crippen LogP contribution is 2.28. The molecule has 112 valence electrons. The molecule has 0 aliphatic heterocycles. The number of ether oxygens (including phenoxy) is 1. The number of carbonyl (C=O) groups excluding carboxylic acids is 1. The molecule has 0 saturated carbocycles. The molecular formula is C16H20N2O2S. The van der Waals surface area contributed by atoms with Crippen LogP contribution in [0.2, 0.25) is 0 Å². The standard InChI is InChI=1S/C16H20N2O2S/c1-16(2,13-8-5-9-21-13)10-18-15(19)14-11(17)6-4-7-12(14)20-3/h4-9H,10,17H2,1-3H3,(H,18,19). The molecule has 0 aliphatic carbocycles. The maximum Gasteiger partial charge on any atom is 0.257 e. The van der Waals surface area contributed by atoms with E-state index in [1.165, 1.54) is 12.0 Å². The minimum absolute atomic E-state index is 0.124. The Morgan fingerprint density at radius 3 is 2.71 bits per heavy atom. The third-order valence-corrected chi connectivity index (χ3v) is 4.62. The van der Waals surface area contributed by atoms with Gasteiger partial charge in [0.1, 0.15) is 11.3 Å². The molecule has 3 N–H and O–H groups in total. The number of methoxy groups -OCH3 is 1. The maximum absolute atomic E-state index is 12.4. The second-order valence-corrected chi connectivity index (χ2v) is 6.42. The molecule has 1 aromatic carbocycles. The molecule has 0 saturated heterocycles. The second kappa shape index (κ2) is 6.18. The molecule has 0 unspecified atom stereocenters. The van der Waals surface area contributed by atoms with Gasteiger partial charge < -0.3 is 15.8 Å². The number of amides is 1. The van der Waals surface area contributed by atoms with Crippen LogP contribution in [0.4, 0.5) is 5.69 Å². The summed E-state index contributed by atoms with van der Waals surface area (Å²) >= 11 is 1.69. The lowest BCUT2D eigenvalue weighted by Crippen LogP contribution is -2.36. The third-order valence-electron chi connectivity index (χ3n) is 3.38. The van der Waals surface area contributed by atoms with Crippen molar-refractivity contribution in [1.29, 1.82) is 0 Å². The van der Waals surface area contributed by atoms with E-state index in [0.717, 1.165) is 0 Å². The van der Waals surface area contributed by atoms with Crippen LogP contribution in [0.3, 0.4) is 0 Å². The van der Waals surface area contributed by atoms with Crippen LogP contribution in [0.5, 0.6) is 5.75 Å². The predicted octanol–water partition coefficient (Wildman–Crippen LogP) is 3.05. The van der Waals surface area contributed by atoms with Gasteiger partial charge in [-0.1, -0.05) is 26.0 Å². The first-order valence-corrected chi connectivity index (χ1v) is 7.58. The fourth-order valence-corrected chi connectivity index (χ4v) is 2.95. The van der Waals surface area contributed by atoms with E-state index in [9.17, 15) is 4.79 Å². The lowest BCUT2D eigenvalue weighted by atomic mass is 9.91. The van der Waals surface area contributed by atoms with Crippen LogP contribution in [0.25, 0.3) is 0 Å². The molecule has 0 fully saturated rings. The Balaban J connectivity index is 2.13. The van der Waals surface area contributed by atoms with Crippen LogP contribution in [-0.2, 0) is 5.41 Å². The summed E-state index contributed by atoms with van der Waals surface area (Å²) in [4.78, 5) is 13.6. The Hall–Kier alpha value is -2.01. The molecule has 21 heavy (non-hydrogen) atoms. The van der Waals surface area contributed by atoms with Crippen molar-refractivity contribution in [3.8, 4) is 5.75 Å². The number of anilines is 1. The van der Waals surface area contributed by atoms with E-state index in [4.69, 9.17) is 10.5 Å². The number of rotatable bonds is 5. The van der Waals surface area contributed by atoms with Gasteiger partial charge in [0.15, 0.2) is 0 Å². The fraction of sp³-hybridized carbons (Fsp3) is 0.312. The lowest BCUT2D eigenvalue weighted by molar-refractivity contribution is 0.0944. The molecule has 0 bridgehead atoms. The van der Waals surface area contributed by atoms with Crippen molar-refractivity contribution in [1.82, 2.24) is 5.32 Å². The van der Waals surface area contributed by atoms with Gasteiger partial charge in [0, 0.05) is 22.5 Å². The molecule has 4 nitrogen and oxygen atoms in total. The van der Waals surface area contributed by atoms with Gasteiger partial charge in [0.25, 0.3) is 5.91 Å². The zero-order valence-corrected chi connectivity index (χ0v) is 13.3. The summed E-state index contributed by atoms with van der Waals surface area (Å²) < 4.78 is 5.21. The van der Waals surface area contributed by atoms with Crippen LogP contribution in [0.15, 0.2) is 35.7 Å². The van der Waals surface area contributed by atoms with Crippen molar-refractivity contribution < 1.29 is 9.53 Å². The smallest absolute Gasteiger partial charge is 0.257 e. The van der Waals surface area contributed by atoms with E-state index in [1.807, 2.05) is 11.4 Å². The van der Waals surface area contributed by atoms with E-state index < -0.39 is 0 Å². The Kier molecular flexibility index (Phi) is 4.53. The van der Waals surface area contributed by atoms with Crippen LogP contribution >= 0.6 is 11.3 Å². The first kappa shape index (κ1) is 15.4. The number of nitrogens with two attached hydrogens (primary N) is 1. The van der Waals surface area contributed by atoms with Gasteiger partial charge in [-0.05, 0) is 23.6 Å². The quantitative estimate of drug-likeness (QED) is 0.835. The van der Waals surface area contributed by atoms with E-state index in [0.29, 0.717) is 23.5 Å². The van der Waals surface area contributed by atoms with Gasteiger partial charge >= 0.3 is 0 Å². The van der Waals surface area contributed by atoms with Gasteiger partial charge in [-0.2, -0.15) is 0 Å². The number of nitrogens with one attached hydrogen (secondary N) is 1. The molecule has 0 atom stereocenters. The summed E-state index contributed by atoms with van der Waals surface area (Å²) in [5.74, 6) is 0.274. The monoisotopic (exact) mass is 304 g/mol. The second-order valence-electron chi connectivity index (χ2n) is 5.47. The zero-order valence-electron chi connectivity index (χ0n) is 12.5. The minimum Gasteiger partial charge on any atom is -0.496 e. The van der Waals surface area contributed by atoms with Crippen LogP contribution in [0, 0.1) is 0 Å². The maximum atomic E-state index is 12.4. The summed E-state index contributed by atoms with van der Waals surface area (Å²) in [6.45, 7) is 4.74. The zero-order chi connectivity index (χ0) is 15.5. The number of nitrogen functional groups attached to an aromatic ring is 1. The highest BCUT2D eigenvalue weighted by atomic mass is 32.1. The number of hydrogen-bond acceptors (Lipinski definition) is 4. The van der Waals surface area contributed by atoms with Crippen molar-refractivity contribution in [2.75, 3.05) is 19.4 Å². The Morgan fingerprint density at radius 1 is 1.33 bits per heavy atom. The van der Waals surface area contributed by atoms with Crippen molar-refractivity contribution in [2.45, 2.75) is 19.3 Å². The molecule has 5 heteroatoms. The number of thiophene rings is 1. The highest BCUT2D eigenvalue weighted by molar-refractivity contribution is 7.10. The van der Waals surface area contributed by atoms with E-state index >= 15 is 0 Å². The molecule has 0 spiro atoms. The van der Waals surface area contributed by atoms with Crippen molar-refractivity contribution >= 4 is 22.9 Å². The summed E-state index contributed by atoms with van der Waals surface area (Å²) in [7, 11) is 1.53. The average Bonchev–Trinajstić information content (AvgIpc) is 2.99. The topological polar surface area (TPSA) is 64.3 Å². The van der Waals surface area contributed by atoms with Crippen molar-refractivity contribution in [3.63, 3.8) is 0 Å². The van der Waals surface area contributed by atoms with Crippen molar-refractivity contribution in [2.24, 2.45) is 0 Å². The van der Waals surface area contributed by atoms with E-state index in [-0.39, 0.29) is 11.3 Å². The Labute approximate surface area is 128 Å². The molecule has 0 aliphatic rings. The molecule has 1 heterocycles. The highest BCUT2D eigenvalue weighted by Gasteiger charge is 2.24. The lowest BCUT2D eigenvalue weighted by Gasteiger charge is -2.24. The first-order chi connectivity index (χ1) is 9.95. The molecule has 2 rings (SSSR count). The van der Waals surface area contributed by atoms with Gasteiger partial charge in [-0.15, -0.1) is 11.3 Å². The van der Waals surface area contributed by atoms with Crippen LogP contribution in [-0.4, -0.2) is 19.6 Å². The predicted molar refractivity (Wildman–Crippen MR) is 87.1 cm³/mol. The number of hydrogen-bond donors (Lipinski definition) is 2. The SMILES string of the molecule is COc1cccc(N)c1C(=O)NCC(C)(C)c1cccs1. The molecule has 1 aromatic heterocycles. The van der Waals surface area contributed by atoms with Gasteiger partial charge in [0.05, 0.1) is 7.11 Å². The summed E-state index contributed by atoms with van der Waals surface area (Å²) in [5.41, 5.74) is 6.58. The Bertz CT molecular complexity index is 621. The first-order valence-electron chi connectivity index (χ1n) is 6.70. The summed E-state index contributed by atoms with van der Waals surface area (Å²) in [5, 5.41) is 4.99. The number of carbonyl (C=O) groups is 1. The van der Waals surface area contributed by atoms with Crippen LogP contribution < -0.4 is 15.8 Å². The third kappa shape index (κ3) is 3.36. The molecular weight excluding hydrogens is 284 g/mol. The Morgan fingerprint density at radius 2 is 2.10 bits per heavy atom. The molecule has 0 radical (unpaired) electrons. The van der Waals surface area contributed by atoms with Gasteiger partial charge in [-0.3, -0.25) is 4.79 Å². The van der Waals surface area contributed by atoms with Gasteiger partial charge in [0.2, 0.25) is 0 Å². The van der Waals surface area contributed by atoms with E-state index in [1.54, 1.807) is 29.5 Å². The number of benzene rings is 1. The largest absolute Gasteiger partial charge is 0.496 e. The minimum atomic E-state index is -0.213. The van der Waals surface area contributed by atoms with E-state index in [2.05, 4.69) is 25.2 Å². The molecule has 1 amide bonds. The summed E-state index contributed by atoms with van der Waals surface area (Å²) in [6.07, 6.45) is 0. The summed E-state index contributed by atoms with van der Waals surface area (Å²) in [6, 6.07) is 9.29. The van der Waals surface area contributed by atoms with Gasteiger partial charge in [-0.25, -0.2) is 0 Å².